The summed E-state index contributed by atoms with van der Waals surface area (Å²) in [5.41, 5.74) is 2.11. The summed E-state index contributed by atoms with van der Waals surface area (Å²) in [6.07, 6.45) is 0.751. The van der Waals surface area contributed by atoms with E-state index in [4.69, 9.17) is 4.74 Å². The van der Waals surface area contributed by atoms with E-state index in [1.807, 2.05) is 12.1 Å². The van der Waals surface area contributed by atoms with Crippen molar-refractivity contribution in [3.05, 3.63) is 29.3 Å². The van der Waals surface area contributed by atoms with Gasteiger partial charge in [-0.05, 0) is 51.6 Å². The van der Waals surface area contributed by atoms with E-state index in [1.54, 1.807) is 14.0 Å². The first kappa shape index (κ1) is 16.3. The molecule has 0 aromatic heterocycles. The summed E-state index contributed by atoms with van der Waals surface area (Å²) >= 11 is 0. The molecule has 2 atom stereocenters. The number of ether oxygens (including phenoxy) is 1. The van der Waals surface area contributed by atoms with Crippen molar-refractivity contribution < 1.29 is 9.84 Å². The Kier molecular flexibility index (Phi) is 5.62. The minimum absolute atomic E-state index is 0.442. The summed E-state index contributed by atoms with van der Waals surface area (Å²) in [6.45, 7) is 8.32. The average Bonchev–Trinajstić information content (AvgIpc) is 2.60. The fourth-order valence-electron chi connectivity index (χ4n) is 3.06. The second kappa shape index (κ2) is 7.25. The summed E-state index contributed by atoms with van der Waals surface area (Å²) in [6, 6.07) is 6.50. The van der Waals surface area contributed by atoms with Crippen molar-refractivity contribution in [3.8, 4) is 5.75 Å². The Hall–Kier alpha value is -1.10. The van der Waals surface area contributed by atoms with E-state index in [0.29, 0.717) is 6.04 Å². The van der Waals surface area contributed by atoms with Gasteiger partial charge in [-0.15, -0.1) is 0 Å². The lowest BCUT2D eigenvalue weighted by Gasteiger charge is -2.28. The van der Waals surface area contributed by atoms with Crippen molar-refractivity contribution in [2.75, 3.05) is 33.8 Å². The number of aliphatic hydroxyl groups excluding tert-OH is 1. The molecule has 0 aliphatic carbocycles. The molecule has 2 rings (SSSR count). The first-order valence-electron chi connectivity index (χ1n) is 7.78. The van der Waals surface area contributed by atoms with Crippen LogP contribution in [0.3, 0.4) is 0 Å². The monoisotopic (exact) mass is 292 g/mol. The van der Waals surface area contributed by atoms with Crippen LogP contribution >= 0.6 is 0 Å². The van der Waals surface area contributed by atoms with Crippen molar-refractivity contribution in [2.24, 2.45) is 0 Å². The Morgan fingerprint density at radius 2 is 2.14 bits per heavy atom. The van der Waals surface area contributed by atoms with Crippen LogP contribution in [0.25, 0.3) is 0 Å². The molecule has 1 aromatic carbocycles. The Morgan fingerprint density at radius 1 is 1.38 bits per heavy atom. The fourth-order valence-corrected chi connectivity index (χ4v) is 3.06. The van der Waals surface area contributed by atoms with Crippen molar-refractivity contribution in [2.45, 2.75) is 39.0 Å². The number of hydrogen-bond acceptors (Lipinski definition) is 4. The van der Waals surface area contributed by atoms with Gasteiger partial charge in [0.25, 0.3) is 0 Å². The van der Waals surface area contributed by atoms with Crippen LogP contribution in [-0.2, 0) is 6.54 Å². The fraction of sp³-hybridized carbons (Fsp3) is 0.647. The minimum Gasteiger partial charge on any atom is -0.496 e. The normalized spacial score (nSPS) is 22.8. The van der Waals surface area contributed by atoms with Gasteiger partial charge in [-0.3, -0.25) is 4.90 Å². The topological polar surface area (TPSA) is 35.9 Å². The van der Waals surface area contributed by atoms with Gasteiger partial charge in [0.05, 0.1) is 13.2 Å². The molecule has 4 heteroatoms. The van der Waals surface area contributed by atoms with E-state index >= 15 is 0 Å². The number of aliphatic hydroxyl groups is 1. The third-order valence-corrected chi connectivity index (χ3v) is 4.34. The Morgan fingerprint density at radius 3 is 2.81 bits per heavy atom. The average molecular weight is 292 g/mol. The first-order valence-corrected chi connectivity index (χ1v) is 7.78. The largest absolute Gasteiger partial charge is 0.496 e. The minimum atomic E-state index is -0.442. The second-order valence-electron chi connectivity index (χ2n) is 6.18. The van der Waals surface area contributed by atoms with E-state index < -0.39 is 6.10 Å². The second-order valence-corrected chi connectivity index (χ2v) is 6.18. The third-order valence-electron chi connectivity index (χ3n) is 4.34. The predicted molar refractivity (Wildman–Crippen MR) is 85.6 cm³/mol. The highest BCUT2D eigenvalue weighted by molar-refractivity contribution is 5.38. The van der Waals surface area contributed by atoms with E-state index in [1.165, 1.54) is 6.42 Å². The lowest BCUT2D eigenvalue weighted by Crippen LogP contribution is -2.37. The van der Waals surface area contributed by atoms with Crippen LogP contribution in [0.15, 0.2) is 18.2 Å². The molecule has 0 radical (unpaired) electrons. The van der Waals surface area contributed by atoms with Gasteiger partial charge in [0, 0.05) is 31.2 Å². The molecule has 1 fully saturated rings. The maximum Gasteiger partial charge on any atom is 0.123 e. The van der Waals surface area contributed by atoms with Gasteiger partial charge in [-0.1, -0.05) is 6.07 Å². The van der Waals surface area contributed by atoms with Crippen molar-refractivity contribution in [3.63, 3.8) is 0 Å². The third kappa shape index (κ3) is 4.19. The number of methoxy groups -OCH3 is 1. The van der Waals surface area contributed by atoms with Crippen LogP contribution in [-0.4, -0.2) is 54.7 Å². The van der Waals surface area contributed by atoms with Crippen LogP contribution in [0.1, 0.15) is 37.5 Å². The molecule has 1 aromatic rings. The van der Waals surface area contributed by atoms with E-state index in [2.05, 4.69) is 29.8 Å². The molecule has 0 spiro atoms. The molecule has 1 aliphatic rings. The molecule has 0 bridgehead atoms. The Balaban J connectivity index is 2.18. The summed E-state index contributed by atoms with van der Waals surface area (Å²) in [4.78, 5) is 4.90. The number of hydrogen-bond donors (Lipinski definition) is 1. The molecule has 118 valence electrons. The molecule has 4 nitrogen and oxygen atoms in total. The number of rotatable bonds is 4. The quantitative estimate of drug-likeness (QED) is 0.923. The van der Waals surface area contributed by atoms with Crippen LogP contribution in [0.4, 0.5) is 0 Å². The Labute approximate surface area is 128 Å². The first-order chi connectivity index (χ1) is 10.0. The summed E-state index contributed by atoms with van der Waals surface area (Å²) in [5, 5.41) is 9.79. The van der Waals surface area contributed by atoms with E-state index in [0.717, 1.165) is 43.1 Å². The zero-order chi connectivity index (χ0) is 15.4. The maximum atomic E-state index is 9.79. The highest BCUT2D eigenvalue weighted by Crippen LogP contribution is 2.26. The van der Waals surface area contributed by atoms with Gasteiger partial charge < -0.3 is 14.7 Å². The highest BCUT2D eigenvalue weighted by atomic mass is 16.5. The number of likely N-dealkylation sites (N-methyl/N-ethyl adjacent to an activating group) is 1. The predicted octanol–water partition coefficient (Wildman–Crippen LogP) is 2.27. The number of benzene rings is 1. The Bertz CT molecular complexity index is 462. The molecule has 1 saturated heterocycles. The van der Waals surface area contributed by atoms with Crippen LogP contribution in [0.2, 0.25) is 0 Å². The van der Waals surface area contributed by atoms with Gasteiger partial charge in [0.1, 0.15) is 5.75 Å². The lowest BCUT2D eigenvalue weighted by molar-refractivity contribution is 0.190. The van der Waals surface area contributed by atoms with Gasteiger partial charge in [-0.2, -0.15) is 0 Å². The number of nitrogens with zero attached hydrogens (tertiary/aromatic N) is 2. The maximum absolute atomic E-state index is 9.79. The molecule has 1 aliphatic heterocycles. The molecule has 0 amide bonds. The molecule has 0 saturated carbocycles. The van der Waals surface area contributed by atoms with Gasteiger partial charge in [-0.25, -0.2) is 0 Å². The van der Waals surface area contributed by atoms with Crippen LogP contribution in [0.5, 0.6) is 5.75 Å². The van der Waals surface area contributed by atoms with Gasteiger partial charge >= 0.3 is 0 Å². The highest BCUT2D eigenvalue weighted by Gasteiger charge is 2.21. The van der Waals surface area contributed by atoms with Crippen molar-refractivity contribution in [1.29, 1.82) is 0 Å². The standard InChI is InChI=1S/C17H28N2O2/c1-13-11-18(3)8-5-9-19(13)12-16-10-15(14(2)20)6-7-17(16)21-4/h6-7,10,13-14,20H,5,8-9,11-12H2,1-4H3. The summed E-state index contributed by atoms with van der Waals surface area (Å²) in [5.74, 6) is 0.907. The van der Waals surface area contributed by atoms with Gasteiger partial charge in [0.15, 0.2) is 0 Å². The molecule has 21 heavy (non-hydrogen) atoms. The van der Waals surface area contributed by atoms with E-state index in [9.17, 15) is 5.11 Å². The SMILES string of the molecule is COc1ccc(C(C)O)cc1CN1CCCN(C)CC1C. The molecular formula is C17H28N2O2. The molecule has 2 unspecified atom stereocenters. The lowest BCUT2D eigenvalue weighted by atomic mass is 10.0. The molecule has 1 heterocycles. The zero-order valence-electron chi connectivity index (χ0n) is 13.7. The smallest absolute Gasteiger partial charge is 0.123 e. The summed E-state index contributed by atoms with van der Waals surface area (Å²) in [7, 11) is 3.90. The van der Waals surface area contributed by atoms with Crippen molar-refractivity contribution in [1.82, 2.24) is 9.80 Å². The molecule has 1 N–H and O–H groups in total. The zero-order valence-corrected chi connectivity index (χ0v) is 13.7. The van der Waals surface area contributed by atoms with Crippen molar-refractivity contribution >= 4 is 0 Å². The van der Waals surface area contributed by atoms with Gasteiger partial charge in [0.2, 0.25) is 0 Å². The summed E-state index contributed by atoms with van der Waals surface area (Å²) < 4.78 is 5.49. The van der Waals surface area contributed by atoms with E-state index in [-0.39, 0.29) is 0 Å². The molecular weight excluding hydrogens is 264 g/mol. The van der Waals surface area contributed by atoms with Crippen LogP contribution < -0.4 is 4.74 Å². The van der Waals surface area contributed by atoms with Crippen LogP contribution in [0, 0.1) is 0 Å².